The maximum atomic E-state index is 13.2. The van der Waals surface area contributed by atoms with Gasteiger partial charge < -0.3 is 4.74 Å². The molecule has 0 aliphatic carbocycles. The molecule has 3 rings (SSSR count). The van der Waals surface area contributed by atoms with E-state index in [1.54, 1.807) is 42.5 Å². The van der Waals surface area contributed by atoms with Crippen LogP contribution >= 0.6 is 0 Å². The van der Waals surface area contributed by atoms with E-state index in [4.69, 9.17) is 4.74 Å². The molecular formula is C25H27NO4S. The molecule has 6 heteroatoms. The SMILES string of the molecule is CCc1ccc(OCCCC(=O)N(c2ccc(C)cc2)S(=O)(=O)c2ccccc2)cc1. The molecule has 3 aromatic carbocycles. The van der Waals surface area contributed by atoms with E-state index in [0.29, 0.717) is 18.7 Å². The summed E-state index contributed by atoms with van der Waals surface area (Å²) in [5.74, 6) is 0.245. The third-order valence-corrected chi connectivity index (χ3v) is 6.67. The summed E-state index contributed by atoms with van der Waals surface area (Å²) in [4.78, 5) is 13.1. The summed E-state index contributed by atoms with van der Waals surface area (Å²) < 4.78 is 33.1. The van der Waals surface area contributed by atoms with Gasteiger partial charge in [0.25, 0.3) is 10.0 Å². The van der Waals surface area contributed by atoms with Crippen molar-refractivity contribution in [2.24, 2.45) is 0 Å². The fourth-order valence-corrected chi connectivity index (χ4v) is 4.60. The van der Waals surface area contributed by atoms with Crippen molar-refractivity contribution in [3.8, 4) is 5.75 Å². The zero-order chi connectivity index (χ0) is 22.3. The molecule has 0 aliphatic rings. The van der Waals surface area contributed by atoms with Crippen molar-refractivity contribution in [2.75, 3.05) is 10.9 Å². The molecule has 0 N–H and O–H groups in total. The first-order chi connectivity index (χ1) is 14.9. The van der Waals surface area contributed by atoms with E-state index in [0.717, 1.165) is 22.0 Å². The second kappa shape index (κ2) is 10.3. The number of aryl methyl sites for hydroxylation is 2. The predicted molar refractivity (Wildman–Crippen MR) is 123 cm³/mol. The number of rotatable bonds is 9. The monoisotopic (exact) mass is 437 g/mol. The lowest BCUT2D eigenvalue weighted by Crippen LogP contribution is -2.37. The quantitative estimate of drug-likeness (QED) is 0.435. The van der Waals surface area contributed by atoms with Gasteiger partial charge >= 0.3 is 0 Å². The third-order valence-electron chi connectivity index (χ3n) is 4.91. The Balaban J connectivity index is 1.72. The van der Waals surface area contributed by atoms with Crippen LogP contribution in [0.2, 0.25) is 0 Å². The lowest BCUT2D eigenvalue weighted by Gasteiger charge is -2.23. The number of ether oxygens (including phenoxy) is 1. The zero-order valence-electron chi connectivity index (χ0n) is 17.8. The highest BCUT2D eigenvalue weighted by Gasteiger charge is 2.30. The Kier molecular flexibility index (Phi) is 7.47. The predicted octanol–water partition coefficient (Wildman–Crippen LogP) is 5.14. The number of carbonyl (C=O) groups is 1. The van der Waals surface area contributed by atoms with Crippen molar-refractivity contribution in [3.05, 3.63) is 90.0 Å². The summed E-state index contributed by atoms with van der Waals surface area (Å²) in [7, 11) is -4.02. The number of hydrogen-bond donors (Lipinski definition) is 0. The Morgan fingerprint density at radius 3 is 2.16 bits per heavy atom. The van der Waals surface area contributed by atoms with Gasteiger partial charge in [-0.2, -0.15) is 0 Å². The number of hydrogen-bond acceptors (Lipinski definition) is 4. The molecule has 0 unspecified atom stereocenters. The van der Waals surface area contributed by atoms with Gasteiger partial charge in [-0.25, -0.2) is 12.7 Å². The zero-order valence-corrected chi connectivity index (χ0v) is 18.6. The molecule has 0 heterocycles. The molecule has 0 saturated heterocycles. The average Bonchev–Trinajstić information content (AvgIpc) is 2.79. The van der Waals surface area contributed by atoms with Gasteiger partial charge in [0.15, 0.2) is 0 Å². The van der Waals surface area contributed by atoms with Crippen LogP contribution in [0.4, 0.5) is 5.69 Å². The second-order valence-corrected chi connectivity index (χ2v) is 9.05. The molecule has 0 aliphatic heterocycles. The molecule has 0 saturated carbocycles. The van der Waals surface area contributed by atoms with E-state index in [1.807, 2.05) is 31.2 Å². The van der Waals surface area contributed by atoms with Crippen molar-refractivity contribution >= 4 is 21.6 Å². The van der Waals surface area contributed by atoms with Gasteiger partial charge in [0.1, 0.15) is 5.75 Å². The van der Waals surface area contributed by atoms with Crippen LogP contribution in [0.3, 0.4) is 0 Å². The van der Waals surface area contributed by atoms with Crippen LogP contribution in [-0.2, 0) is 21.2 Å². The van der Waals surface area contributed by atoms with E-state index < -0.39 is 15.9 Å². The number of amides is 1. The van der Waals surface area contributed by atoms with Crippen LogP contribution in [0.25, 0.3) is 0 Å². The Morgan fingerprint density at radius 1 is 0.903 bits per heavy atom. The van der Waals surface area contributed by atoms with Crippen molar-refractivity contribution in [2.45, 2.75) is 38.0 Å². The number of carbonyl (C=O) groups excluding carboxylic acids is 1. The topological polar surface area (TPSA) is 63.7 Å². The molecule has 5 nitrogen and oxygen atoms in total. The highest BCUT2D eigenvalue weighted by atomic mass is 32.2. The first-order valence-corrected chi connectivity index (χ1v) is 11.8. The molecular weight excluding hydrogens is 410 g/mol. The molecule has 0 bridgehead atoms. The average molecular weight is 438 g/mol. The molecule has 0 fully saturated rings. The summed E-state index contributed by atoms with van der Waals surface area (Å²) in [6, 6.07) is 22.7. The van der Waals surface area contributed by atoms with Crippen molar-refractivity contribution in [1.29, 1.82) is 0 Å². The minimum Gasteiger partial charge on any atom is -0.494 e. The number of benzene rings is 3. The van der Waals surface area contributed by atoms with Gasteiger partial charge in [-0.1, -0.05) is 55.0 Å². The summed E-state index contributed by atoms with van der Waals surface area (Å²) in [6.07, 6.45) is 1.41. The smallest absolute Gasteiger partial charge is 0.270 e. The molecule has 0 radical (unpaired) electrons. The third kappa shape index (κ3) is 5.73. The molecule has 162 valence electrons. The Bertz CT molecular complexity index is 1090. The summed E-state index contributed by atoms with van der Waals surface area (Å²) in [6.45, 7) is 4.32. The van der Waals surface area contributed by atoms with Gasteiger partial charge in [-0.15, -0.1) is 0 Å². The molecule has 1 amide bonds. The lowest BCUT2D eigenvalue weighted by atomic mass is 10.2. The van der Waals surface area contributed by atoms with E-state index in [1.165, 1.54) is 17.7 Å². The van der Waals surface area contributed by atoms with E-state index >= 15 is 0 Å². The van der Waals surface area contributed by atoms with Gasteiger partial charge in [0, 0.05) is 6.42 Å². The first kappa shape index (κ1) is 22.6. The van der Waals surface area contributed by atoms with E-state index in [9.17, 15) is 13.2 Å². The maximum Gasteiger partial charge on any atom is 0.270 e. The number of anilines is 1. The van der Waals surface area contributed by atoms with Crippen LogP contribution in [0.5, 0.6) is 5.75 Å². The minimum atomic E-state index is -4.02. The minimum absolute atomic E-state index is 0.0486. The molecule has 3 aromatic rings. The fraction of sp³-hybridized carbons (Fsp3) is 0.240. The second-order valence-electron chi connectivity index (χ2n) is 7.26. The van der Waals surface area contributed by atoms with Gasteiger partial charge in [-0.05, 0) is 61.7 Å². The summed E-state index contributed by atoms with van der Waals surface area (Å²) >= 11 is 0. The molecule has 0 spiro atoms. The normalized spacial score (nSPS) is 11.2. The maximum absolute atomic E-state index is 13.2. The molecule has 31 heavy (non-hydrogen) atoms. The number of nitrogens with zero attached hydrogens (tertiary/aromatic N) is 1. The summed E-state index contributed by atoms with van der Waals surface area (Å²) in [5, 5.41) is 0. The van der Waals surface area contributed by atoms with Gasteiger partial charge in [-0.3, -0.25) is 4.79 Å². The van der Waals surface area contributed by atoms with E-state index in [2.05, 4.69) is 6.92 Å². The Hall–Kier alpha value is -3.12. The standard InChI is InChI=1S/C25H27NO4S/c1-3-21-13-17-23(18-14-21)30-19-7-10-25(27)26(22-15-11-20(2)12-16-22)31(28,29)24-8-5-4-6-9-24/h4-6,8-9,11-18H,3,7,10,19H2,1-2H3. The van der Waals surface area contributed by atoms with Crippen molar-refractivity contribution in [1.82, 2.24) is 0 Å². The Labute approximate surface area is 184 Å². The lowest BCUT2D eigenvalue weighted by molar-refractivity contribution is -0.117. The van der Waals surface area contributed by atoms with Crippen molar-refractivity contribution < 1.29 is 17.9 Å². The van der Waals surface area contributed by atoms with Crippen LogP contribution in [0.15, 0.2) is 83.8 Å². The highest BCUT2D eigenvalue weighted by molar-refractivity contribution is 7.93. The summed E-state index contributed by atoms with van der Waals surface area (Å²) in [5.41, 5.74) is 2.54. The Morgan fingerprint density at radius 2 is 1.55 bits per heavy atom. The van der Waals surface area contributed by atoms with Crippen molar-refractivity contribution in [3.63, 3.8) is 0 Å². The first-order valence-electron chi connectivity index (χ1n) is 10.3. The fourth-order valence-electron chi connectivity index (χ4n) is 3.13. The van der Waals surface area contributed by atoms with Crippen LogP contribution < -0.4 is 9.04 Å². The molecule has 0 atom stereocenters. The van der Waals surface area contributed by atoms with E-state index in [-0.39, 0.29) is 11.3 Å². The highest BCUT2D eigenvalue weighted by Crippen LogP contribution is 2.25. The number of sulfonamides is 1. The van der Waals surface area contributed by atoms with Crippen LogP contribution in [0, 0.1) is 6.92 Å². The van der Waals surface area contributed by atoms with Gasteiger partial charge in [0.05, 0.1) is 17.2 Å². The van der Waals surface area contributed by atoms with Gasteiger partial charge in [0.2, 0.25) is 5.91 Å². The largest absolute Gasteiger partial charge is 0.494 e. The molecule has 0 aromatic heterocycles. The van der Waals surface area contributed by atoms with Crippen LogP contribution in [0.1, 0.15) is 30.9 Å². The van der Waals surface area contributed by atoms with Crippen LogP contribution in [-0.4, -0.2) is 20.9 Å².